The van der Waals surface area contributed by atoms with Crippen molar-refractivity contribution >= 4 is 23.2 Å². The number of benzene rings is 3. The van der Waals surface area contributed by atoms with Gasteiger partial charge in [0.1, 0.15) is 0 Å². The van der Waals surface area contributed by atoms with Crippen LogP contribution in [0, 0.1) is 11.8 Å². The number of ether oxygens (including phenoxy) is 3. The number of piperidine rings is 2. The predicted molar refractivity (Wildman–Crippen MR) is 193 cm³/mol. The summed E-state index contributed by atoms with van der Waals surface area (Å²) in [4.78, 5) is 44.8. The molecule has 0 radical (unpaired) electrons. The molecule has 1 N–H and O–H groups in total. The van der Waals surface area contributed by atoms with Crippen LogP contribution in [0.1, 0.15) is 57.2 Å². The molecule has 0 aliphatic carbocycles. The third-order valence-electron chi connectivity index (χ3n) is 10.5. The van der Waals surface area contributed by atoms with Crippen LogP contribution in [0.2, 0.25) is 0 Å². The highest BCUT2D eigenvalue weighted by Crippen LogP contribution is 2.41. The number of aromatic nitrogens is 1. The summed E-state index contributed by atoms with van der Waals surface area (Å²) in [5.41, 5.74) is 4.66. The minimum absolute atomic E-state index is 0.0379. The molecule has 7 rings (SSSR count). The first-order chi connectivity index (χ1) is 24.3. The van der Waals surface area contributed by atoms with Gasteiger partial charge in [-0.3, -0.25) is 14.4 Å². The van der Waals surface area contributed by atoms with Gasteiger partial charge in [-0.15, -0.1) is 0 Å². The van der Waals surface area contributed by atoms with Crippen LogP contribution in [0.25, 0.3) is 0 Å². The van der Waals surface area contributed by atoms with E-state index in [1.54, 1.807) is 18.2 Å². The Hall–Kier alpha value is -5.25. The number of likely N-dealkylation sites (tertiary alicyclic amines) is 1. The molecular weight excluding hydrogens is 632 g/mol. The molecule has 3 aliphatic rings. The molecule has 3 aliphatic heterocycles. The Bertz CT molecular complexity index is 1910. The summed E-state index contributed by atoms with van der Waals surface area (Å²) < 4.78 is 18.4. The second-order valence-corrected chi connectivity index (χ2v) is 13.6. The van der Waals surface area contributed by atoms with Crippen LogP contribution in [0.3, 0.4) is 0 Å². The van der Waals surface area contributed by atoms with Gasteiger partial charge in [0.2, 0.25) is 5.75 Å². The van der Waals surface area contributed by atoms with Crippen LogP contribution in [-0.4, -0.2) is 68.8 Å². The van der Waals surface area contributed by atoms with E-state index in [9.17, 15) is 14.4 Å². The number of carbonyl (C=O) groups is 2. The molecule has 2 bridgehead atoms. The number of pyridine rings is 1. The van der Waals surface area contributed by atoms with Gasteiger partial charge in [-0.05, 0) is 79.5 Å². The smallest absolute Gasteiger partial charge is 0.255 e. The molecular formula is C40H44N4O6. The average molecular weight is 677 g/mol. The molecule has 4 heterocycles. The number of fused-ring (bicyclic) bond motifs is 4. The van der Waals surface area contributed by atoms with Crippen molar-refractivity contribution in [2.75, 3.05) is 57.7 Å². The fourth-order valence-electron chi connectivity index (χ4n) is 8.01. The summed E-state index contributed by atoms with van der Waals surface area (Å²) in [6, 6.07) is 24.9. The molecule has 4 aromatic rings. The van der Waals surface area contributed by atoms with Gasteiger partial charge in [-0.25, -0.2) is 0 Å². The SMILES string of the molecule is COc1cc(C(=O)Nc2cc(C(=O)N3CCC(Cc4ccccc4)CC3)ccc2N2C[C@@H]3C[C@@H](C2)c2cccc(=O)n2C3)cc(OC)c1OC. The first kappa shape index (κ1) is 33.3. The third-order valence-corrected chi connectivity index (χ3v) is 10.5. The standard InChI is InChI=1S/C40H44N4O6/c1-48-35-21-30(22-36(49-2)38(35)50-3)39(46)41-32-20-29(40(47)42-16-14-27(15-17-42)18-26-8-5-4-6-9-26)12-13-34(32)43-23-28-19-31(25-43)33-10-7-11-37(45)44(33)24-28/h4-13,20-22,27-28,31H,14-19,23-25H2,1-3H3,(H,41,46)/t28-,31-/m0/s1. The molecule has 260 valence electrons. The zero-order valence-electron chi connectivity index (χ0n) is 28.9. The molecule has 0 saturated carbocycles. The van der Waals surface area contributed by atoms with Gasteiger partial charge in [0.25, 0.3) is 17.4 Å². The van der Waals surface area contributed by atoms with E-state index in [0.29, 0.717) is 66.2 Å². The molecule has 10 nitrogen and oxygen atoms in total. The molecule has 2 fully saturated rings. The van der Waals surface area contributed by atoms with Gasteiger partial charge in [-0.2, -0.15) is 0 Å². The van der Waals surface area contributed by atoms with Gasteiger partial charge in [0, 0.05) is 61.5 Å². The van der Waals surface area contributed by atoms with Gasteiger partial charge in [0.15, 0.2) is 11.5 Å². The molecule has 3 aromatic carbocycles. The topological polar surface area (TPSA) is 102 Å². The maximum Gasteiger partial charge on any atom is 0.255 e. The zero-order valence-corrected chi connectivity index (χ0v) is 28.9. The molecule has 50 heavy (non-hydrogen) atoms. The molecule has 10 heteroatoms. The quantitative estimate of drug-likeness (QED) is 0.238. The Balaban J connectivity index is 1.17. The van der Waals surface area contributed by atoms with Crippen molar-refractivity contribution in [3.8, 4) is 17.2 Å². The molecule has 0 unspecified atom stereocenters. The lowest BCUT2D eigenvalue weighted by Gasteiger charge is -2.44. The fourth-order valence-corrected chi connectivity index (χ4v) is 8.01. The summed E-state index contributed by atoms with van der Waals surface area (Å²) in [6.07, 6.45) is 3.92. The normalized spacial score (nSPS) is 18.6. The van der Waals surface area contributed by atoms with E-state index in [1.165, 1.54) is 26.9 Å². The Morgan fingerprint density at radius 1 is 0.800 bits per heavy atom. The Morgan fingerprint density at radius 3 is 2.24 bits per heavy atom. The fraction of sp³-hybridized carbons (Fsp3) is 0.375. The highest BCUT2D eigenvalue weighted by atomic mass is 16.5. The first-order valence-corrected chi connectivity index (χ1v) is 17.4. The van der Waals surface area contributed by atoms with E-state index < -0.39 is 0 Å². The van der Waals surface area contributed by atoms with Crippen molar-refractivity contribution < 1.29 is 23.8 Å². The number of nitrogens with zero attached hydrogens (tertiary/aromatic N) is 3. The largest absolute Gasteiger partial charge is 0.493 e. The lowest BCUT2D eigenvalue weighted by molar-refractivity contribution is 0.0690. The number of rotatable bonds is 9. The number of carbonyl (C=O) groups excluding carboxylic acids is 2. The van der Waals surface area contributed by atoms with E-state index in [0.717, 1.165) is 43.6 Å². The summed E-state index contributed by atoms with van der Waals surface area (Å²) in [5, 5.41) is 3.13. The molecule has 0 spiro atoms. The number of methoxy groups -OCH3 is 3. The van der Waals surface area contributed by atoms with E-state index in [2.05, 4.69) is 34.5 Å². The van der Waals surface area contributed by atoms with Crippen LogP contribution >= 0.6 is 0 Å². The Labute approximate surface area is 292 Å². The second kappa shape index (κ2) is 14.3. The minimum atomic E-state index is -0.370. The lowest BCUT2D eigenvalue weighted by Crippen LogP contribution is -2.47. The van der Waals surface area contributed by atoms with Crippen molar-refractivity contribution in [2.24, 2.45) is 11.8 Å². The Morgan fingerprint density at radius 2 is 1.54 bits per heavy atom. The van der Waals surface area contributed by atoms with E-state index >= 15 is 0 Å². The maximum absolute atomic E-state index is 13.9. The molecule has 2 atom stereocenters. The van der Waals surface area contributed by atoms with E-state index in [4.69, 9.17) is 14.2 Å². The van der Waals surface area contributed by atoms with E-state index in [-0.39, 0.29) is 29.2 Å². The average Bonchev–Trinajstić information content (AvgIpc) is 3.15. The van der Waals surface area contributed by atoms with Crippen LogP contribution in [0.5, 0.6) is 17.2 Å². The number of hydrogen-bond donors (Lipinski definition) is 1. The van der Waals surface area contributed by atoms with Crippen molar-refractivity contribution in [3.05, 3.63) is 112 Å². The van der Waals surface area contributed by atoms with Gasteiger partial charge in [0.05, 0.1) is 32.7 Å². The summed E-state index contributed by atoms with van der Waals surface area (Å²) in [5.74, 6) is 1.72. The highest BCUT2D eigenvalue weighted by molar-refractivity contribution is 6.08. The van der Waals surface area contributed by atoms with Crippen molar-refractivity contribution in [1.29, 1.82) is 0 Å². The van der Waals surface area contributed by atoms with Crippen molar-refractivity contribution in [1.82, 2.24) is 9.47 Å². The maximum atomic E-state index is 13.9. The monoisotopic (exact) mass is 676 g/mol. The third kappa shape index (κ3) is 6.66. The first-order valence-electron chi connectivity index (χ1n) is 17.4. The molecule has 2 saturated heterocycles. The van der Waals surface area contributed by atoms with Crippen LogP contribution in [0.15, 0.2) is 83.7 Å². The van der Waals surface area contributed by atoms with Crippen molar-refractivity contribution in [2.45, 2.75) is 38.1 Å². The second-order valence-electron chi connectivity index (χ2n) is 13.6. The summed E-state index contributed by atoms with van der Waals surface area (Å²) >= 11 is 0. The summed E-state index contributed by atoms with van der Waals surface area (Å²) in [7, 11) is 4.54. The van der Waals surface area contributed by atoms with Gasteiger partial charge >= 0.3 is 0 Å². The zero-order chi connectivity index (χ0) is 34.8. The Kier molecular flexibility index (Phi) is 9.52. The van der Waals surface area contributed by atoms with Crippen LogP contribution in [0.4, 0.5) is 11.4 Å². The minimum Gasteiger partial charge on any atom is -0.493 e. The van der Waals surface area contributed by atoms with Crippen molar-refractivity contribution in [3.63, 3.8) is 0 Å². The van der Waals surface area contributed by atoms with Crippen LogP contribution < -0.4 is 30.0 Å². The van der Waals surface area contributed by atoms with Gasteiger partial charge in [-0.1, -0.05) is 36.4 Å². The van der Waals surface area contributed by atoms with Crippen LogP contribution in [-0.2, 0) is 13.0 Å². The van der Waals surface area contributed by atoms with Gasteiger partial charge < -0.3 is 33.9 Å². The molecule has 1 aromatic heterocycles. The summed E-state index contributed by atoms with van der Waals surface area (Å²) in [6.45, 7) is 3.46. The number of hydrogen-bond acceptors (Lipinski definition) is 7. The lowest BCUT2D eigenvalue weighted by atomic mass is 9.83. The number of nitrogens with one attached hydrogen (secondary N) is 1. The number of anilines is 2. The predicted octanol–water partition coefficient (Wildman–Crippen LogP) is 5.85. The molecule has 2 amide bonds. The van der Waals surface area contributed by atoms with E-state index in [1.807, 2.05) is 45.9 Å². The number of amides is 2. The highest BCUT2D eigenvalue weighted by Gasteiger charge is 2.36.